The number of piperazine rings is 1. The normalized spacial score (nSPS) is 25.3. The molecule has 1 saturated heterocycles. The van der Waals surface area contributed by atoms with Gasteiger partial charge in [-0.25, -0.2) is 13.4 Å². The first-order chi connectivity index (χ1) is 18.3. The fraction of sp³-hybridized carbons (Fsp3) is 0.476. The number of aromatic amines is 1. The van der Waals surface area contributed by atoms with Crippen molar-refractivity contribution in [2.24, 2.45) is 7.05 Å². The van der Waals surface area contributed by atoms with Gasteiger partial charge in [0.05, 0.1) is 22.8 Å². The van der Waals surface area contributed by atoms with Crippen molar-refractivity contribution >= 4 is 21.1 Å². The van der Waals surface area contributed by atoms with Gasteiger partial charge in [-0.15, -0.1) is 0 Å². The minimum absolute atomic E-state index is 0.0319. The largest absolute Gasteiger partial charge is 0.493 e. The topological polar surface area (TPSA) is 122 Å². The van der Waals surface area contributed by atoms with E-state index in [9.17, 15) is 13.2 Å². The second-order valence-corrected chi connectivity index (χ2v) is 8.68. The maximum absolute atomic E-state index is 13.8. The van der Waals surface area contributed by atoms with Crippen LogP contribution in [-0.2, 0) is 23.5 Å². The van der Waals surface area contributed by atoms with Crippen LogP contribution in [0.1, 0.15) is 36.9 Å². The van der Waals surface area contributed by atoms with Crippen LogP contribution in [0.3, 0.4) is 0 Å². The number of benzene rings is 1. The van der Waals surface area contributed by atoms with Gasteiger partial charge in [0, 0.05) is 44.0 Å². The van der Waals surface area contributed by atoms with Crippen molar-refractivity contribution in [1.82, 2.24) is 29.4 Å². The van der Waals surface area contributed by atoms with E-state index in [1.165, 1.54) is 10.7 Å². The van der Waals surface area contributed by atoms with Crippen molar-refractivity contribution in [2.45, 2.75) is 31.6 Å². The summed E-state index contributed by atoms with van der Waals surface area (Å²) in [5, 5.41) is 5.95. The Labute approximate surface area is 197 Å². The van der Waals surface area contributed by atoms with E-state index in [2.05, 4.69) is 15.1 Å². The Bertz CT molecular complexity index is 1610. The zero-order valence-corrected chi connectivity index (χ0v) is 18.5. The summed E-state index contributed by atoms with van der Waals surface area (Å²) in [7, 11) is -3.69. The van der Waals surface area contributed by atoms with Crippen LogP contribution in [0, 0.1) is 0 Å². The number of aryl methyl sites for hydroxylation is 2. The highest BCUT2D eigenvalue weighted by atomic mass is 32.2. The molecule has 11 heteroatoms. The summed E-state index contributed by atoms with van der Waals surface area (Å²) in [5.41, 5.74) is 0.427. The Morgan fingerprint density at radius 3 is 2.69 bits per heavy atom. The Kier molecular flexibility index (Phi) is 4.05. The third kappa shape index (κ3) is 4.03. The van der Waals surface area contributed by atoms with Crippen LogP contribution in [0.4, 0.5) is 0 Å². The molecule has 10 nitrogen and oxygen atoms in total. The number of rotatable bonds is 7. The second kappa shape index (κ2) is 9.00. The van der Waals surface area contributed by atoms with Crippen molar-refractivity contribution < 1.29 is 24.1 Å². The van der Waals surface area contributed by atoms with E-state index < -0.39 is 50.8 Å². The summed E-state index contributed by atoms with van der Waals surface area (Å²) in [6.45, 7) is -10.1. The predicted molar refractivity (Wildman–Crippen MR) is 121 cm³/mol. The molecule has 0 saturated carbocycles. The minimum atomic E-state index is -5.28. The smallest absolute Gasteiger partial charge is 0.277 e. The van der Waals surface area contributed by atoms with Crippen LogP contribution in [0.2, 0.25) is 0 Å². The molecule has 0 amide bonds. The molecule has 3 aromatic rings. The molecule has 1 aliphatic heterocycles. The van der Waals surface area contributed by atoms with E-state index in [-0.39, 0.29) is 34.8 Å². The van der Waals surface area contributed by atoms with Gasteiger partial charge >= 0.3 is 0 Å². The number of H-pyrrole nitrogens is 1. The molecule has 4 rings (SSSR count). The Balaban J connectivity index is 1.97. The summed E-state index contributed by atoms with van der Waals surface area (Å²) in [6, 6.07) is 3.19. The van der Waals surface area contributed by atoms with Crippen molar-refractivity contribution in [1.29, 1.82) is 0 Å². The Morgan fingerprint density at radius 2 is 2.00 bits per heavy atom. The molecule has 3 heterocycles. The lowest BCUT2D eigenvalue weighted by Crippen LogP contribution is -2.46. The van der Waals surface area contributed by atoms with Gasteiger partial charge in [-0.3, -0.25) is 9.48 Å². The lowest BCUT2D eigenvalue weighted by atomic mass is 10.1. The van der Waals surface area contributed by atoms with Crippen LogP contribution in [0.25, 0.3) is 22.4 Å². The molecule has 1 aromatic carbocycles. The molecule has 2 aromatic heterocycles. The Morgan fingerprint density at radius 1 is 1.25 bits per heavy atom. The quantitative estimate of drug-likeness (QED) is 0.535. The van der Waals surface area contributed by atoms with Gasteiger partial charge in [0.25, 0.3) is 5.56 Å². The number of nitrogens with one attached hydrogen (secondary N) is 2. The molecule has 1 fully saturated rings. The fourth-order valence-corrected chi connectivity index (χ4v) is 4.41. The molecule has 0 radical (unpaired) electrons. The van der Waals surface area contributed by atoms with E-state index in [0.717, 1.165) is 12.1 Å². The number of hydrogen-bond donors (Lipinski definition) is 2. The predicted octanol–water partition coefficient (Wildman–Crippen LogP) is 1.27. The maximum atomic E-state index is 13.8. The maximum Gasteiger partial charge on any atom is 0.277 e. The molecule has 1 aliphatic rings. The van der Waals surface area contributed by atoms with Gasteiger partial charge in [0.15, 0.2) is 5.52 Å². The third-order valence-corrected chi connectivity index (χ3v) is 6.25. The average Bonchev–Trinajstić information content (AvgIpc) is 3.13. The summed E-state index contributed by atoms with van der Waals surface area (Å²) < 4.78 is 98.8. The van der Waals surface area contributed by atoms with E-state index in [0.29, 0.717) is 18.5 Å². The highest BCUT2D eigenvalue weighted by Crippen LogP contribution is 2.32. The van der Waals surface area contributed by atoms with E-state index in [1.54, 1.807) is 19.3 Å². The number of nitrogens with zero attached hydrogens (tertiary/aromatic N) is 4. The van der Waals surface area contributed by atoms with Crippen LogP contribution in [0.15, 0.2) is 27.9 Å². The molecule has 0 bridgehead atoms. The van der Waals surface area contributed by atoms with Crippen LogP contribution in [0.5, 0.6) is 5.75 Å². The summed E-state index contributed by atoms with van der Waals surface area (Å²) >= 11 is 0. The first-order valence-electron chi connectivity index (χ1n) is 13.9. The second-order valence-electron chi connectivity index (χ2n) is 6.89. The van der Waals surface area contributed by atoms with Gasteiger partial charge in [0.1, 0.15) is 17.1 Å². The molecule has 0 aliphatic carbocycles. The first kappa shape index (κ1) is 14.4. The van der Waals surface area contributed by atoms with Crippen LogP contribution >= 0.6 is 0 Å². The van der Waals surface area contributed by atoms with Gasteiger partial charge in [-0.2, -0.15) is 9.40 Å². The molecule has 2 N–H and O–H groups in total. The van der Waals surface area contributed by atoms with E-state index in [4.69, 9.17) is 15.7 Å². The number of aromatic nitrogens is 4. The molecule has 172 valence electrons. The van der Waals surface area contributed by atoms with Gasteiger partial charge < -0.3 is 15.0 Å². The lowest BCUT2D eigenvalue weighted by molar-refractivity contribution is 0.341. The highest BCUT2D eigenvalue weighted by molar-refractivity contribution is 7.89. The fourth-order valence-electron chi connectivity index (χ4n) is 3.36. The van der Waals surface area contributed by atoms with Crippen molar-refractivity contribution in [3.8, 4) is 17.1 Å². The van der Waals surface area contributed by atoms with Gasteiger partial charge in [-0.1, -0.05) is 13.3 Å². The number of hydrogen-bond acceptors (Lipinski definition) is 7. The van der Waals surface area contributed by atoms with Crippen molar-refractivity contribution in [2.75, 3.05) is 32.6 Å². The standard InChI is InChI=1S/C21H28N6O4S/c1-4-6-16-18-19(26(3)25-16)21(28)24-20(23-18)15-13-14(7-8-17(15)31-5-2)32(29,30)27-11-9-22-10-12-27/h7-8,13,22H,4-6,9-12H2,1-3H3,(H,23,24,28)/i9D2,10D2,11D2,12D2. The van der Waals surface area contributed by atoms with Crippen molar-refractivity contribution in [3.63, 3.8) is 0 Å². The van der Waals surface area contributed by atoms with Crippen molar-refractivity contribution in [3.05, 3.63) is 34.2 Å². The molecule has 0 unspecified atom stereocenters. The minimum Gasteiger partial charge on any atom is -0.493 e. The lowest BCUT2D eigenvalue weighted by Gasteiger charge is -2.26. The van der Waals surface area contributed by atoms with Gasteiger partial charge in [0.2, 0.25) is 10.0 Å². The molecule has 0 atom stereocenters. The zero-order valence-electron chi connectivity index (χ0n) is 25.7. The molecular formula is C21H28N6O4S. The van der Waals surface area contributed by atoms with E-state index >= 15 is 0 Å². The molecular weight excluding hydrogens is 432 g/mol. The van der Waals surface area contributed by atoms with Gasteiger partial charge in [-0.05, 0) is 31.5 Å². The molecule has 0 spiro atoms. The third-order valence-electron chi connectivity index (χ3n) is 4.73. The van der Waals surface area contributed by atoms with Crippen LogP contribution in [-0.4, -0.2) is 65.1 Å². The average molecular weight is 469 g/mol. The summed E-state index contributed by atoms with van der Waals surface area (Å²) in [5.74, 6) is 0.00205. The summed E-state index contributed by atoms with van der Waals surface area (Å²) in [6.07, 6.45) is 1.22. The summed E-state index contributed by atoms with van der Waals surface area (Å²) in [4.78, 5) is 19.4. The first-order valence-corrected chi connectivity index (χ1v) is 11.4. The van der Waals surface area contributed by atoms with E-state index in [1.807, 2.05) is 6.92 Å². The highest BCUT2D eigenvalue weighted by Gasteiger charge is 2.27. The number of sulfonamides is 1. The number of ether oxygens (including phenoxy) is 1. The molecule has 32 heavy (non-hydrogen) atoms. The number of fused-ring (bicyclic) bond motifs is 1. The Hall–Kier alpha value is -2.76. The zero-order chi connectivity index (χ0) is 30.1. The monoisotopic (exact) mass is 468 g/mol. The van der Waals surface area contributed by atoms with Crippen LogP contribution < -0.4 is 15.6 Å². The SMILES string of the molecule is [2H]C1([2H])NC([2H])([2H])C([2H])([2H])N(S(=O)(=O)c2ccc(OCC)c(-c3nc4c(CCC)nn(C)c4c(=O)[nH]3)c2)C1([2H])[2H].